The van der Waals surface area contributed by atoms with Gasteiger partial charge < -0.3 is 9.80 Å². The highest BCUT2D eigenvalue weighted by Gasteiger charge is 2.22. The van der Waals surface area contributed by atoms with Gasteiger partial charge in [-0.1, -0.05) is 13.3 Å². The number of rotatable bonds is 12. The molecule has 4 nitrogen and oxygen atoms in total. The first-order valence-corrected chi connectivity index (χ1v) is 8.42. The predicted molar refractivity (Wildman–Crippen MR) is 95.2 cm³/mol. The summed E-state index contributed by atoms with van der Waals surface area (Å²) in [5.41, 5.74) is 0.309. The third kappa shape index (κ3) is 10.2. The molecule has 0 aromatic carbocycles. The average molecular weight is 301 g/mol. The second kappa shape index (κ2) is 10.5. The molecule has 0 bridgehead atoms. The van der Waals surface area contributed by atoms with Crippen molar-refractivity contribution in [2.45, 2.75) is 39.2 Å². The standard InChI is InChI=1S/C17H40N4/c1-9-10-17(2,3)20(8)13-16-21(14-11-18(4)5)15-12-19(6)7/h9-16H2,1-8H3. The van der Waals surface area contributed by atoms with Gasteiger partial charge in [-0.05, 0) is 55.5 Å². The van der Waals surface area contributed by atoms with Gasteiger partial charge in [-0.25, -0.2) is 0 Å². The molecule has 0 atom stereocenters. The number of hydrogen-bond donors (Lipinski definition) is 0. The van der Waals surface area contributed by atoms with E-state index >= 15 is 0 Å². The third-order valence-electron chi connectivity index (χ3n) is 4.37. The van der Waals surface area contributed by atoms with Gasteiger partial charge in [0.05, 0.1) is 0 Å². The zero-order chi connectivity index (χ0) is 16.5. The first kappa shape index (κ1) is 20.8. The molecule has 0 saturated carbocycles. The fourth-order valence-corrected chi connectivity index (χ4v) is 2.42. The molecule has 0 spiro atoms. The van der Waals surface area contributed by atoms with Crippen molar-refractivity contribution in [1.29, 1.82) is 0 Å². The molecule has 0 N–H and O–H groups in total. The van der Waals surface area contributed by atoms with Gasteiger partial charge in [0.2, 0.25) is 0 Å². The fraction of sp³-hybridized carbons (Fsp3) is 1.00. The number of likely N-dealkylation sites (N-methyl/N-ethyl adjacent to an activating group) is 3. The Labute approximate surface area is 134 Å². The summed E-state index contributed by atoms with van der Waals surface area (Å²) in [7, 11) is 10.9. The van der Waals surface area contributed by atoms with Crippen LogP contribution in [-0.4, -0.2) is 99.6 Å². The zero-order valence-corrected chi connectivity index (χ0v) is 15.9. The van der Waals surface area contributed by atoms with E-state index in [2.05, 4.69) is 75.6 Å². The van der Waals surface area contributed by atoms with Crippen LogP contribution in [0, 0.1) is 0 Å². The minimum atomic E-state index is 0.309. The van der Waals surface area contributed by atoms with Crippen LogP contribution in [0.25, 0.3) is 0 Å². The molecule has 0 aliphatic heterocycles. The van der Waals surface area contributed by atoms with Gasteiger partial charge in [0.15, 0.2) is 0 Å². The highest BCUT2D eigenvalue weighted by molar-refractivity contribution is 4.79. The van der Waals surface area contributed by atoms with E-state index in [-0.39, 0.29) is 0 Å². The Kier molecular flexibility index (Phi) is 10.5. The van der Waals surface area contributed by atoms with Crippen LogP contribution in [0.2, 0.25) is 0 Å². The molecule has 0 rings (SSSR count). The largest absolute Gasteiger partial charge is 0.308 e. The molecule has 0 heterocycles. The highest BCUT2D eigenvalue weighted by atomic mass is 15.2. The van der Waals surface area contributed by atoms with Crippen LogP contribution in [0.15, 0.2) is 0 Å². The van der Waals surface area contributed by atoms with E-state index in [0.717, 1.165) is 39.3 Å². The second-order valence-corrected chi connectivity index (χ2v) is 7.43. The lowest BCUT2D eigenvalue weighted by atomic mass is 9.97. The van der Waals surface area contributed by atoms with Gasteiger partial charge in [0.25, 0.3) is 0 Å². The highest BCUT2D eigenvalue weighted by Crippen LogP contribution is 2.18. The quantitative estimate of drug-likeness (QED) is 0.546. The van der Waals surface area contributed by atoms with Gasteiger partial charge in [0, 0.05) is 44.8 Å². The Bertz CT molecular complexity index is 239. The monoisotopic (exact) mass is 300 g/mol. The number of hydrogen-bond acceptors (Lipinski definition) is 4. The van der Waals surface area contributed by atoms with Crippen molar-refractivity contribution >= 4 is 0 Å². The molecule has 0 unspecified atom stereocenters. The van der Waals surface area contributed by atoms with Gasteiger partial charge in [-0.2, -0.15) is 0 Å². The minimum absolute atomic E-state index is 0.309. The second-order valence-electron chi connectivity index (χ2n) is 7.43. The summed E-state index contributed by atoms with van der Waals surface area (Å²) in [4.78, 5) is 9.66. The van der Waals surface area contributed by atoms with E-state index in [1.54, 1.807) is 0 Å². The van der Waals surface area contributed by atoms with Crippen LogP contribution in [0.3, 0.4) is 0 Å². The smallest absolute Gasteiger partial charge is 0.0150 e. The lowest BCUT2D eigenvalue weighted by Gasteiger charge is -2.37. The number of nitrogens with zero attached hydrogens (tertiary/aromatic N) is 4. The Morgan fingerprint density at radius 2 is 1.10 bits per heavy atom. The maximum atomic E-state index is 2.60. The maximum absolute atomic E-state index is 2.60. The molecule has 21 heavy (non-hydrogen) atoms. The van der Waals surface area contributed by atoms with Crippen molar-refractivity contribution in [3.05, 3.63) is 0 Å². The lowest BCUT2D eigenvalue weighted by Crippen LogP contribution is -2.46. The van der Waals surface area contributed by atoms with Crippen LogP contribution < -0.4 is 0 Å². The summed E-state index contributed by atoms with van der Waals surface area (Å²) in [5, 5.41) is 0. The first-order valence-electron chi connectivity index (χ1n) is 8.42. The van der Waals surface area contributed by atoms with Crippen molar-refractivity contribution < 1.29 is 0 Å². The molecule has 4 heteroatoms. The Hall–Kier alpha value is -0.160. The summed E-state index contributed by atoms with van der Waals surface area (Å²) in [6, 6.07) is 0. The van der Waals surface area contributed by atoms with Crippen LogP contribution >= 0.6 is 0 Å². The molecule has 0 fully saturated rings. The predicted octanol–water partition coefficient (Wildman–Crippen LogP) is 1.92. The zero-order valence-electron chi connectivity index (χ0n) is 15.9. The molecule has 0 aromatic rings. The van der Waals surface area contributed by atoms with E-state index in [1.807, 2.05) is 0 Å². The first-order chi connectivity index (χ1) is 9.69. The summed E-state index contributed by atoms with van der Waals surface area (Å²) in [6.45, 7) is 13.9. The van der Waals surface area contributed by atoms with Crippen molar-refractivity contribution in [3.8, 4) is 0 Å². The fourth-order valence-electron chi connectivity index (χ4n) is 2.42. The van der Waals surface area contributed by atoms with Gasteiger partial charge >= 0.3 is 0 Å². The van der Waals surface area contributed by atoms with Gasteiger partial charge in [-0.15, -0.1) is 0 Å². The summed E-state index contributed by atoms with van der Waals surface area (Å²) >= 11 is 0. The van der Waals surface area contributed by atoms with Crippen molar-refractivity contribution in [1.82, 2.24) is 19.6 Å². The molecule has 0 radical (unpaired) electrons. The summed E-state index contributed by atoms with van der Waals surface area (Å²) in [5.74, 6) is 0. The van der Waals surface area contributed by atoms with E-state index in [9.17, 15) is 0 Å². The average Bonchev–Trinajstić information content (AvgIpc) is 2.36. The minimum Gasteiger partial charge on any atom is -0.308 e. The van der Waals surface area contributed by atoms with Gasteiger partial charge in [-0.3, -0.25) is 9.80 Å². The molecule has 0 saturated heterocycles. The van der Waals surface area contributed by atoms with Crippen LogP contribution in [0.4, 0.5) is 0 Å². The topological polar surface area (TPSA) is 13.0 Å². The lowest BCUT2D eigenvalue weighted by molar-refractivity contribution is 0.117. The molecule has 0 aromatic heterocycles. The van der Waals surface area contributed by atoms with E-state index in [0.29, 0.717) is 5.54 Å². The Morgan fingerprint density at radius 3 is 1.48 bits per heavy atom. The Balaban J connectivity index is 4.31. The normalized spacial score (nSPS) is 13.1. The molecule has 128 valence electrons. The van der Waals surface area contributed by atoms with Crippen molar-refractivity contribution in [2.75, 3.05) is 74.5 Å². The SMILES string of the molecule is CCCC(C)(C)N(C)CCN(CCN(C)C)CCN(C)C. The Morgan fingerprint density at radius 1 is 0.667 bits per heavy atom. The molecule has 0 amide bonds. The van der Waals surface area contributed by atoms with Crippen LogP contribution in [0.1, 0.15) is 33.6 Å². The molecular weight excluding hydrogens is 260 g/mol. The molecular formula is C17H40N4. The van der Waals surface area contributed by atoms with Crippen LogP contribution in [0.5, 0.6) is 0 Å². The maximum Gasteiger partial charge on any atom is 0.0150 e. The van der Waals surface area contributed by atoms with E-state index in [1.165, 1.54) is 12.8 Å². The van der Waals surface area contributed by atoms with E-state index < -0.39 is 0 Å². The molecule has 0 aliphatic carbocycles. The van der Waals surface area contributed by atoms with Crippen molar-refractivity contribution in [3.63, 3.8) is 0 Å². The molecule has 0 aliphatic rings. The van der Waals surface area contributed by atoms with Crippen LogP contribution in [-0.2, 0) is 0 Å². The third-order valence-corrected chi connectivity index (χ3v) is 4.37. The van der Waals surface area contributed by atoms with E-state index in [4.69, 9.17) is 0 Å². The van der Waals surface area contributed by atoms with Crippen molar-refractivity contribution in [2.24, 2.45) is 0 Å². The summed E-state index contributed by atoms with van der Waals surface area (Å²) in [6.07, 6.45) is 2.52. The summed E-state index contributed by atoms with van der Waals surface area (Å²) < 4.78 is 0. The van der Waals surface area contributed by atoms with Gasteiger partial charge in [0.1, 0.15) is 0 Å².